The molecule has 0 spiro atoms. The SMILES string of the molecule is COc1ccccc1[C]1c2ccccc2Oc2ccccc21. The number of methoxy groups -OCH3 is 1. The fourth-order valence-corrected chi connectivity index (χ4v) is 2.93. The van der Waals surface area contributed by atoms with Crippen LogP contribution in [0.1, 0.15) is 16.7 Å². The summed E-state index contributed by atoms with van der Waals surface area (Å²) in [6.45, 7) is 0. The molecule has 0 aliphatic carbocycles. The highest BCUT2D eigenvalue weighted by Gasteiger charge is 2.30. The van der Waals surface area contributed by atoms with Crippen molar-refractivity contribution >= 4 is 0 Å². The van der Waals surface area contributed by atoms with Crippen molar-refractivity contribution in [3.05, 3.63) is 95.4 Å². The van der Waals surface area contributed by atoms with Crippen LogP contribution in [0.2, 0.25) is 0 Å². The molecule has 0 bridgehead atoms. The summed E-state index contributed by atoms with van der Waals surface area (Å²) in [5, 5.41) is 0. The highest BCUT2D eigenvalue weighted by atomic mass is 16.5. The molecule has 4 rings (SSSR count). The van der Waals surface area contributed by atoms with E-state index in [2.05, 4.69) is 18.2 Å². The van der Waals surface area contributed by atoms with Crippen molar-refractivity contribution in [3.63, 3.8) is 0 Å². The van der Waals surface area contributed by atoms with E-state index >= 15 is 0 Å². The molecule has 0 atom stereocenters. The summed E-state index contributed by atoms with van der Waals surface area (Å²) in [4.78, 5) is 0. The van der Waals surface area contributed by atoms with Crippen LogP contribution in [0.4, 0.5) is 0 Å². The number of para-hydroxylation sites is 3. The van der Waals surface area contributed by atoms with E-state index in [4.69, 9.17) is 9.47 Å². The molecule has 0 N–H and O–H groups in total. The van der Waals surface area contributed by atoms with E-state index in [-0.39, 0.29) is 0 Å². The van der Waals surface area contributed by atoms with Gasteiger partial charge in [0.05, 0.1) is 13.0 Å². The number of hydrogen-bond donors (Lipinski definition) is 0. The second-order valence-corrected chi connectivity index (χ2v) is 5.17. The lowest BCUT2D eigenvalue weighted by atomic mass is 9.82. The summed E-state index contributed by atoms with van der Waals surface area (Å²) in [7, 11) is 1.70. The van der Waals surface area contributed by atoms with Gasteiger partial charge >= 0.3 is 0 Å². The summed E-state index contributed by atoms with van der Waals surface area (Å²) < 4.78 is 11.6. The molecule has 0 unspecified atom stereocenters. The van der Waals surface area contributed by atoms with Crippen LogP contribution in [0, 0.1) is 5.92 Å². The molecule has 1 heterocycles. The third-order valence-electron chi connectivity index (χ3n) is 3.91. The zero-order valence-corrected chi connectivity index (χ0v) is 12.2. The molecule has 3 aromatic rings. The van der Waals surface area contributed by atoms with Crippen molar-refractivity contribution in [2.75, 3.05) is 7.11 Å². The fourth-order valence-electron chi connectivity index (χ4n) is 2.93. The average Bonchev–Trinajstić information content (AvgIpc) is 2.59. The molecular weight excluding hydrogens is 272 g/mol. The molecule has 1 aliphatic rings. The van der Waals surface area contributed by atoms with Gasteiger partial charge in [-0.05, 0) is 18.2 Å². The first kappa shape index (κ1) is 13.0. The molecule has 2 heteroatoms. The topological polar surface area (TPSA) is 18.5 Å². The zero-order chi connectivity index (χ0) is 14.9. The number of fused-ring (bicyclic) bond motifs is 2. The highest BCUT2D eigenvalue weighted by Crippen LogP contribution is 2.48. The lowest BCUT2D eigenvalue weighted by Gasteiger charge is -2.28. The van der Waals surface area contributed by atoms with Crippen molar-refractivity contribution in [1.29, 1.82) is 0 Å². The van der Waals surface area contributed by atoms with Crippen LogP contribution in [0.3, 0.4) is 0 Å². The molecule has 1 aliphatic heterocycles. The summed E-state index contributed by atoms with van der Waals surface area (Å²) in [5.41, 5.74) is 3.25. The van der Waals surface area contributed by atoms with Crippen LogP contribution in [-0.2, 0) is 0 Å². The van der Waals surface area contributed by atoms with Crippen molar-refractivity contribution in [2.24, 2.45) is 0 Å². The van der Waals surface area contributed by atoms with Gasteiger partial charge in [-0.3, -0.25) is 0 Å². The molecular formula is C20H15O2. The van der Waals surface area contributed by atoms with E-state index in [0.29, 0.717) is 0 Å². The van der Waals surface area contributed by atoms with Crippen LogP contribution >= 0.6 is 0 Å². The lowest BCUT2D eigenvalue weighted by Crippen LogP contribution is -2.13. The van der Waals surface area contributed by atoms with Gasteiger partial charge in [0.25, 0.3) is 0 Å². The van der Waals surface area contributed by atoms with Crippen LogP contribution < -0.4 is 9.47 Å². The Morgan fingerprint density at radius 3 is 1.73 bits per heavy atom. The first-order valence-corrected chi connectivity index (χ1v) is 7.25. The molecule has 0 amide bonds. The summed E-state index contributed by atoms with van der Waals surface area (Å²) in [6, 6.07) is 24.3. The number of hydrogen-bond acceptors (Lipinski definition) is 2. The fraction of sp³-hybridized carbons (Fsp3) is 0.0500. The maximum absolute atomic E-state index is 6.04. The van der Waals surface area contributed by atoms with Gasteiger partial charge in [0, 0.05) is 16.7 Å². The summed E-state index contributed by atoms with van der Waals surface area (Å²) >= 11 is 0. The van der Waals surface area contributed by atoms with Gasteiger partial charge < -0.3 is 9.47 Å². The second-order valence-electron chi connectivity index (χ2n) is 5.17. The molecule has 0 saturated carbocycles. The Morgan fingerprint density at radius 2 is 1.14 bits per heavy atom. The van der Waals surface area contributed by atoms with E-state index in [9.17, 15) is 0 Å². The van der Waals surface area contributed by atoms with Crippen LogP contribution in [-0.4, -0.2) is 7.11 Å². The van der Waals surface area contributed by atoms with Gasteiger partial charge in [-0.15, -0.1) is 0 Å². The van der Waals surface area contributed by atoms with Crippen LogP contribution in [0.25, 0.3) is 0 Å². The average molecular weight is 287 g/mol. The minimum absolute atomic E-state index is 0.865. The molecule has 3 aromatic carbocycles. The van der Waals surface area contributed by atoms with Gasteiger partial charge in [-0.1, -0.05) is 54.6 Å². The zero-order valence-electron chi connectivity index (χ0n) is 12.2. The minimum atomic E-state index is 0.865. The predicted molar refractivity (Wildman–Crippen MR) is 86.5 cm³/mol. The maximum atomic E-state index is 6.04. The Bertz CT molecular complexity index is 778. The number of benzene rings is 3. The van der Waals surface area contributed by atoms with Gasteiger partial charge in [0.2, 0.25) is 0 Å². The normalized spacial score (nSPS) is 13.0. The predicted octanol–water partition coefficient (Wildman–Crippen LogP) is 4.82. The van der Waals surface area contributed by atoms with Crippen molar-refractivity contribution in [2.45, 2.75) is 0 Å². The minimum Gasteiger partial charge on any atom is -0.496 e. The van der Waals surface area contributed by atoms with Crippen LogP contribution in [0.15, 0.2) is 72.8 Å². The largest absolute Gasteiger partial charge is 0.496 e. The highest BCUT2D eigenvalue weighted by molar-refractivity contribution is 5.70. The Morgan fingerprint density at radius 1 is 0.636 bits per heavy atom. The molecule has 0 aromatic heterocycles. The van der Waals surface area contributed by atoms with Crippen molar-refractivity contribution in [1.82, 2.24) is 0 Å². The molecule has 1 radical (unpaired) electrons. The van der Waals surface area contributed by atoms with Gasteiger partial charge in [-0.25, -0.2) is 0 Å². The molecule has 0 fully saturated rings. The van der Waals surface area contributed by atoms with Gasteiger partial charge in [-0.2, -0.15) is 0 Å². The first-order chi connectivity index (χ1) is 10.9. The molecule has 2 nitrogen and oxygen atoms in total. The first-order valence-electron chi connectivity index (χ1n) is 7.25. The third-order valence-corrected chi connectivity index (χ3v) is 3.91. The third kappa shape index (κ3) is 1.96. The maximum Gasteiger partial charge on any atom is 0.131 e. The van der Waals surface area contributed by atoms with Gasteiger partial charge in [0.1, 0.15) is 17.2 Å². The number of rotatable bonds is 2. The van der Waals surface area contributed by atoms with E-state index in [1.165, 1.54) is 0 Å². The smallest absolute Gasteiger partial charge is 0.131 e. The van der Waals surface area contributed by atoms with Gasteiger partial charge in [0.15, 0.2) is 0 Å². The monoisotopic (exact) mass is 287 g/mol. The Kier molecular flexibility index (Phi) is 3.08. The van der Waals surface area contributed by atoms with E-state index in [0.717, 1.165) is 39.9 Å². The lowest BCUT2D eigenvalue weighted by molar-refractivity contribution is 0.410. The summed E-state index contributed by atoms with van der Waals surface area (Å²) in [6.07, 6.45) is 0. The Labute approximate surface area is 129 Å². The van der Waals surface area contributed by atoms with E-state index < -0.39 is 0 Å². The quantitative estimate of drug-likeness (QED) is 0.526. The second kappa shape index (κ2) is 5.23. The van der Waals surface area contributed by atoms with E-state index in [1.807, 2.05) is 54.6 Å². The molecule has 0 saturated heterocycles. The Balaban J connectivity index is 1.99. The molecule has 22 heavy (non-hydrogen) atoms. The van der Waals surface area contributed by atoms with Crippen LogP contribution in [0.5, 0.6) is 17.2 Å². The van der Waals surface area contributed by atoms with E-state index in [1.54, 1.807) is 7.11 Å². The van der Waals surface area contributed by atoms with Crippen molar-refractivity contribution in [3.8, 4) is 17.2 Å². The standard InChI is InChI=1S/C20H15O2/c1-21-17-11-5-2-8-14(17)20-15-9-3-6-12-18(15)22-19-13-7-4-10-16(19)20/h2-13H,1H3. The molecule has 107 valence electrons. The van der Waals surface area contributed by atoms with Crippen molar-refractivity contribution < 1.29 is 9.47 Å². The summed E-state index contributed by atoms with van der Waals surface area (Å²) in [5.74, 6) is 3.77. The Hall–Kier alpha value is -2.74. The number of ether oxygens (including phenoxy) is 2.